The van der Waals surface area contributed by atoms with Crippen LogP contribution in [0.3, 0.4) is 0 Å². The van der Waals surface area contributed by atoms with Crippen molar-refractivity contribution in [1.82, 2.24) is 19.9 Å². The van der Waals surface area contributed by atoms with E-state index in [9.17, 15) is 4.79 Å². The van der Waals surface area contributed by atoms with Crippen molar-refractivity contribution in [3.05, 3.63) is 82.4 Å². The van der Waals surface area contributed by atoms with E-state index in [2.05, 4.69) is 15.2 Å². The summed E-state index contributed by atoms with van der Waals surface area (Å²) < 4.78 is 12.3. The molecule has 2 aromatic carbocycles. The number of hydrogen-bond donors (Lipinski definition) is 0. The number of halogens is 1. The van der Waals surface area contributed by atoms with Gasteiger partial charge in [-0.15, -0.1) is 0 Å². The number of rotatable bonds is 5. The van der Waals surface area contributed by atoms with Crippen molar-refractivity contribution < 1.29 is 14.1 Å². The molecule has 0 spiro atoms. The van der Waals surface area contributed by atoms with Crippen LogP contribution in [0, 0.1) is 13.8 Å². The number of aryl methyl sites for hydroxylation is 2. The summed E-state index contributed by atoms with van der Waals surface area (Å²) in [4.78, 5) is 16.5. The molecule has 4 aromatic rings. The summed E-state index contributed by atoms with van der Waals surface area (Å²) in [5.74, 6) is 0.0532. The van der Waals surface area contributed by atoms with Crippen molar-refractivity contribution in [2.24, 2.45) is 0 Å². The van der Waals surface area contributed by atoms with Gasteiger partial charge in [-0.25, -0.2) is 9.48 Å². The zero-order chi connectivity index (χ0) is 20.4. The molecular formula is C21H17ClN4O3. The number of hydrogen-bond acceptors (Lipinski definition) is 6. The summed E-state index contributed by atoms with van der Waals surface area (Å²) in [6.45, 7) is 3.81. The minimum Gasteiger partial charge on any atom is -0.454 e. The van der Waals surface area contributed by atoms with Crippen LogP contribution >= 0.6 is 11.6 Å². The SMILES string of the molecule is Cc1cc(C)n(-c2ccc(C(=O)OCc3noc(-c4ccccc4Cl)n3)cc2)n1. The fraction of sp³-hybridized carbons (Fsp3) is 0.143. The lowest BCUT2D eigenvalue weighted by Gasteiger charge is -2.06. The molecule has 4 rings (SSSR count). The first-order chi connectivity index (χ1) is 14.0. The van der Waals surface area contributed by atoms with Crippen LogP contribution in [0.15, 0.2) is 59.1 Å². The first-order valence-corrected chi connectivity index (χ1v) is 9.27. The monoisotopic (exact) mass is 408 g/mol. The van der Waals surface area contributed by atoms with Crippen LogP contribution in [-0.2, 0) is 11.3 Å². The van der Waals surface area contributed by atoms with E-state index in [1.807, 2.05) is 48.9 Å². The fourth-order valence-electron chi connectivity index (χ4n) is 2.90. The largest absolute Gasteiger partial charge is 0.454 e. The lowest BCUT2D eigenvalue weighted by atomic mass is 10.2. The second-order valence-electron chi connectivity index (χ2n) is 6.46. The second-order valence-corrected chi connectivity index (χ2v) is 6.86. The Hall–Kier alpha value is -3.45. The lowest BCUT2D eigenvalue weighted by Crippen LogP contribution is -2.07. The van der Waals surface area contributed by atoms with Gasteiger partial charge in [-0.1, -0.05) is 28.9 Å². The Bertz CT molecular complexity index is 1160. The molecule has 2 heterocycles. The van der Waals surface area contributed by atoms with Gasteiger partial charge in [0.25, 0.3) is 5.89 Å². The van der Waals surface area contributed by atoms with Gasteiger partial charge in [-0.3, -0.25) is 0 Å². The van der Waals surface area contributed by atoms with Gasteiger partial charge in [0, 0.05) is 5.69 Å². The summed E-state index contributed by atoms with van der Waals surface area (Å²) in [6, 6.07) is 16.2. The van der Waals surface area contributed by atoms with Gasteiger partial charge in [0.1, 0.15) is 0 Å². The summed E-state index contributed by atoms with van der Waals surface area (Å²) in [5.41, 5.74) is 3.87. The Labute approximate surface area is 171 Å². The van der Waals surface area contributed by atoms with Gasteiger partial charge in [-0.2, -0.15) is 10.1 Å². The van der Waals surface area contributed by atoms with Crippen molar-refractivity contribution in [3.8, 4) is 17.1 Å². The highest BCUT2D eigenvalue weighted by molar-refractivity contribution is 6.33. The van der Waals surface area contributed by atoms with Crippen LogP contribution in [0.5, 0.6) is 0 Å². The van der Waals surface area contributed by atoms with E-state index in [0.717, 1.165) is 17.1 Å². The van der Waals surface area contributed by atoms with Crippen LogP contribution in [0.2, 0.25) is 5.02 Å². The Morgan fingerprint density at radius 2 is 1.90 bits per heavy atom. The highest BCUT2D eigenvalue weighted by atomic mass is 35.5. The molecule has 0 fully saturated rings. The number of benzene rings is 2. The standard InChI is InChI=1S/C21H17ClN4O3/c1-13-11-14(2)26(24-13)16-9-7-15(8-10-16)21(27)28-12-19-23-20(29-25-19)17-5-3-4-6-18(17)22/h3-11H,12H2,1-2H3. The molecule has 0 radical (unpaired) electrons. The molecule has 0 N–H and O–H groups in total. The molecule has 8 heteroatoms. The summed E-state index contributed by atoms with van der Waals surface area (Å²) in [6.07, 6.45) is 0. The average Bonchev–Trinajstić information content (AvgIpc) is 3.32. The number of carbonyl (C=O) groups excluding carboxylic acids is 1. The van der Waals surface area contributed by atoms with Gasteiger partial charge >= 0.3 is 5.97 Å². The van der Waals surface area contributed by atoms with E-state index in [1.165, 1.54) is 0 Å². The van der Waals surface area contributed by atoms with Gasteiger partial charge < -0.3 is 9.26 Å². The molecule has 2 aromatic heterocycles. The number of ether oxygens (including phenoxy) is 1. The van der Waals surface area contributed by atoms with Crippen molar-refractivity contribution in [2.75, 3.05) is 0 Å². The molecule has 0 bridgehead atoms. The first-order valence-electron chi connectivity index (χ1n) is 8.89. The van der Waals surface area contributed by atoms with E-state index in [-0.39, 0.29) is 18.3 Å². The van der Waals surface area contributed by atoms with Gasteiger partial charge in [0.05, 0.1) is 27.5 Å². The van der Waals surface area contributed by atoms with Gasteiger partial charge in [-0.05, 0) is 56.3 Å². The zero-order valence-electron chi connectivity index (χ0n) is 15.8. The molecule has 146 valence electrons. The van der Waals surface area contributed by atoms with Gasteiger partial charge in [0.2, 0.25) is 5.82 Å². The molecule has 0 saturated carbocycles. The molecule has 29 heavy (non-hydrogen) atoms. The normalized spacial score (nSPS) is 10.9. The molecule has 0 amide bonds. The van der Waals surface area contributed by atoms with Crippen LogP contribution in [0.25, 0.3) is 17.1 Å². The summed E-state index contributed by atoms with van der Waals surface area (Å²) >= 11 is 6.12. The van der Waals surface area contributed by atoms with Crippen LogP contribution < -0.4 is 0 Å². The third kappa shape index (κ3) is 4.05. The molecule has 0 saturated heterocycles. The molecule has 0 aliphatic carbocycles. The lowest BCUT2D eigenvalue weighted by molar-refractivity contribution is 0.0459. The quantitative estimate of drug-likeness (QED) is 0.450. The maximum absolute atomic E-state index is 12.3. The molecule has 0 aliphatic rings. The maximum atomic E-state index is 12.3. The minimum atomic E-state index is -0.478. The summed E-state index contributed by atoms with van der Waals surface area (Å²) in [5, 5.41) is 8.76. The van der Waals surface area contributed by atoms with E-state index in [0.29, 0.717) is 16.1 Å². The van der Waals surface area contributed by atoms with E-state index in [1.54, 1.807) is 24.3 Å². The second kappa shape index (κ2) is 7.89. The van der Waals surface area contributed by atoms with Crippen molar-refractivity contribution in [2.45, 2.75) is 20.5 Å². The van der Waals surface area contributed by atoms with E-state index < -0.39 is 5.97 Å². The molecule has 7 nitrogen and oxygen atoms in total. The molecule has 0 aliphatic heterocycles. The van der Waals surface area contributed by atoms with Gasteiger partial charge in [0.15, 0.2) is 6.61 Å². The highest BCUT2D eigenvalue weighted by Gasteiger charge is 2.14. The predicted molar refractivity (Wildman–Crippen MR) is 107 cm³/mol. The number of carbonyl (C=O) groups is 1. The molecule has 0 atom stereocenters. The van der Waals surface area contributed by atoms with E-state index in [4.69, 9.17) is 20.9 Å². The predicted octanol–water partition coefficient (Wildman–Crippen LogP) is 4.55. The highest BCUT2D eigenvalue weighted by Crippen LogP contribution is 2.26. The topological polar surface area (TPSA) is 83.0 Å². The minimum absolute atomic E-state index is 0.105. The summed E-state index contributed by atoms with van der Waals surface area (Å²) in [7, 11) is 0. The first kappa shape index (κ1) is 18.9. The molecule has 0 unspecified atom stereocenters. The third-order valence-corrected chi connectivity index (χ3v) is 4.59. The zero-order valence-corrected chi connectivity index (χ0v) is 16.6. The Morgan fingerprint density at radius 3 is 2.59 bits per heavy atom. The number of esters is 1. The van der Waals surface area contributed by atoms with Crippen LogP contribution in [0.1, 0.15) is 27.6 Å². The average molecular weight is 409 g/mol. The van der Waals surface area contributed by atoms with Crippen molar-refractivity contribution in [1.29, 1.82) is 0 Å². The maximum Gasteiger partial charge on any atom is 0.338 e. The fourth-order valence-corrected chi connectivity index (χ4v) is 3.12. The Balaban J connectivity index is 1.41. The Kier molecular flexibility index (Phi) is 5.14. The number of aromatic nitrogens is 4. The third-order valence-electron chi connectivity index (χ3n) is 4.26. The van der Waals surface area contributed by atoms with Crippen molar-refractivity contribution >= 4 is 17.6 Å². The Morgan fingerprint density at radius 1 is 1.14 bits per heavy atom. The number of nitrogens with zero attached hydrogens (tertiary/aromatic N) is 4. The van der Waals surface area contributed by atoms with Crippen LogP contribution in [0.4, 0.5) is 0 Å². The molecular weight excluding hydrogens is 392 g/mol. The van der Waals surface area contributed by atoms with Crippen LogP contribution in [-0.4, -0.2) is 25.9 Å². The van der Waals surface area contributed by atoms with Crippen molar-refractivity contribution in [3.63, 3.8) is 0 Å². The van der Waals surface area contributed by atoms with E-state index >= 15 is 0 Å². The smallest absolute Gasteiger partial charge is 0.338 e.